The first-order valence-electron chi connectivity index (χ1n) is 10.1. The first kappa shape index (κ1) is 30.6. The highest BCUT2D eigenvalue weighted by Gasteiger charge is 2.04. The lowest BCUT2D eigenvalue weighted by Gasteiger charge is -1.97. The van der Waals surface area contributed by atoms with Crippen molar-refractivity contribution in [1.29, 1.82) is 0 Å². The molecule has 0 aliphatic carbocycles. The predicted octanol–water partition coefficient (Wildman–Crippen LogP) is 4.80. The number of carboxylic acid groups (broad SMARTS) is 4. The second-order valence-corrected chi connectivity index (χ2v) is 6.43. The summed E-state index contributed by atoms with van der Waals surface area (Å²) in [5.74, 6) is -4.98. The van der Waals surface area contributed by atoms with Crippen molar-refractivity contribution in [2.75, 3.05) is 0 Å². The van der Waals surface area contributed by atoms with Crippen LogP contribution in [0.4, 0.5) is 0 Å². The molecule has 0 rings (SSSR count). The molecule has 0 aromatic rings. The van der Waals surface area contributed by atoms with Gasteiger partial charge in [-0.05, 0) is 12.8 Å². The van der Waals surface area contributed by atoms with Gasteiger partial charge in [-0.1, -0.05) is 78.1 Å². The van der Waals surface area contributed by atoms with Crippen LogP contribution in [0.25, 0.3) is 0 Å². The molecule has 0 atom stereocenters. The van der Waals surface area contributed by atoms with E-state index in [2.05, 4.69) is 13.8 Å². The van der Waals surface area contributed by atoms with E-state index in [1.165, 1.54) is 51.4 Å². The molecule has 0 aromatic heterocycles. The summed E-state index contributed by atoms with van der Waals surface area (Å²) in [5, 5.41) is 31.4. The van der Waals surface area contributed by atoms with Gasteiger partial charge < -0.3 is 20.4 Å². The molecule has 0 saturated carbocycles. The van der Waals surface area contributed by atoms with E-state index in [0.29, 0.717) is 12.8 Å². The van der Waals surface area contributed by atoms with Gasteiger partial charge in [0.2, 0.25) is 0 Å². The highest BCUT2D eigenvalue weighted by atomic mass is 16.4. The van der Waals surface area contributed by atoms with Crippen LogP contribution >= 0.6 is 0 Å². The molecule has 0 radical (unpaired) electrons. The standard InChI is InChI=1S/2C9H18O2.C2H2O4/c2*1-2-3-4-5-6-7-8-9(10)11;3-1(4)2(5)6/h2*2-8H2,1H3,(H,10,11);(H,3,4)(H,5,6). The van der Waals surface area contributed by atoms with Gasteiger partial charge in [0.15, 0.2) is 0 Å². The van der Waals surface area contributed by atoms with E-state index in [1.807, 2.05) is 0 Å². The van der Waals surface area contributed by atoms with Crippen LogP contribution in [-0.4, -0.2) is 44.3 Å². The molecule has 8 nitrogen and oxygen atoms in total. The van der Waals surface area contributed by atoms with E-state index in [1.54, 1.807) is 0 Å². The summed E-state index contributed by atoms with van der Waals surface area (Å²) in [7, 11) is 0. The number of hydrogen-bond donors (Lipinski definition) is 4. The molecule has 0 unspecified atom stereocenters. The van der Waals surface area contributed by atoms with Gasteiger partial charge in [0.05, 0.1) is 0 Å². The second-order valence-electron chi connectivity index (χ2n) is 6.43. The van der Waals surface area contributed by atoms with E-state index >= 15 is 0 Å². The van der Waals surface area contributed by atoms with Gasteiger partial charge in [-0.2, -0.15) is 0 Å². The molecule has 8 heteroatoms. The van der Waals surface area contributed by atoms with E-state index in [9.17, 15) is 9.59 Å². The SMILES string of the molecule is CCCCCCCCC(=O)O.CCCCCCCCC(=O)O.O=C(O)C(=O)O. The molecule has 0 saturated heterocycles. The predicted molar refractivity (Wildman–Crippen MR) is 107 cm³/mol. The van der Waals surface area contributed by atoms with Crippen molar-refractivity contribution < 1.29 is 39.6 Å². The molecule has 28 heavy (non-hydrogen) atoms. The smallest absolute Gasteiger partial charge is 0.414 e. The van der Waals surface area contributed by atoms with Gasteiger partial charge in [0.25, 0.3) is 0 Å². The van der Waals surface area contributed by atoms with Gasteiger partial charge in [-0.3, -0.25) is 9.59 Å². The van der Waals surface area contributed by atoms with Gasteiger partial charge in [0, 0.05) is 12.8 Å². The van der Waals surface area contributed by atoms with Crippen molar-refractivity contribution in [3.05, 3.63) is 0 Å². The molecule has 0 aliphatic heterocycles. The lowest BCUT2D eigenvalue weighted by molar-refractivity contribution is -0.159. The third-order valence-corrected chi connectivity index (χ3v) is 3.67. The normalized spacial score (nSPS) is 9.36. The summed E-state index contributed by atoms with van der Waals surface area (Å²) < 4.78 is 0. The third-order valence-electron chi connectivity index (χ3n) is 3.67. The zero-order valence-corrected chi connectivity index (χ0v) is 17.3. The van der Waals surface area contributed by atoms with Crippen molar-refractivity contribution in [1.82, 2.24) is 0 Å². The van der Waals surface area contributed by atoms with Gasteiger partial charge >= 0.3 is 23.9 Å². The van der Waals surface area contributed by atoms with Crippen LogP contribution in [-0.2, 0) is 19.2 Å². The molecule has 0 fully saturated rings. The maximum Gasteiger partial charge on any atom is 0.414 e. The molecule has 0 spiro atoms. The molecule has 0 amide bonds. The van der Waals surface area contributed by atoms with Crippen LogP contribution in [0.5, 0.6) is 0 Å². The van der Waals surface area contributed by atoms with Crippen LogP contribution < -0.4 is 0 Å². The number of unbranched alkanes of at least 4 members (excludes halogenated alkanes) is 10. The summed E-state index contributed by atoms with van der Waals surface area (Å²) >= 11 is 0. The minimum absolute atomic E-state index is 0.339. The summed E-state index contributed by atoms with van der Waals surface area (Å²) in [6.45, 7) is 4.36. The second kappa shape index (κ2) is 24.9. The van der Waals surface area contributed by atoms with E-state index in [4.69, 9.17) is 30.0 Å². The van der Waals surface area contributed by atoms with Gasteiger partial charge in [-0.25, -0.2) is 9.59 Å². The Labute approximate surface area is 168 Å². The Morgan fingerprint density at radius 3 is 0.929 bits per heavy atom. The quantitative estimate of drug-likeness (QED) is 0.237. The summed E-state index contributed by atoms with van der Waals surface area (Å²) in [6, 6.07) is 0. The number of hydrogen-bond acceptors (Lipinski definition) is 4. The van der Waals surface area contributed by atoms with Crippen LogP contribution in [0.3, 0.4) is 0 Å². The average Bonchev–Trinajstić information content (AvgIpc) is 2.61. The van der Waals surface area contributed by atoms with Crippen LogP contribution in [0, 0.1) is 0 Å². The van der Waals surface area contributed by atoms with Gasteiger partial charge in [0.1, 0.15) is 0 Å². The fourth-order valence-electron chi connectivity index (χ4n) is 2.11. The minimum atomic E-state index is -1.82. The van der Waals surface area contributed by atoms with Crippen LogP contribution in [0.15, 0.2) is 0 Å². The molecule has 166 valence electrons. The molecular weight excluding hydrogens is 368 g/mol. The summed E-state index contributed by atoms with van der Waals surface area (Å²) in [4.78, 5) is 38.4. The van der Waals surface area contributed by atoms with Gasteiger partial charge in [-0.15, -0.1) is 0 Å². The average molecular weight is 407 g/mol. The number of carbonyl (C=O) groups is 4. The fourth-order valence-corrected chi connectivity index (χ4v) is 2.11. The first-order valence-corrected chi connectivity index (χ1v) is 10.1. The van der Waals surface area contributed by atoms with Crippen LogP contribution in [0.1, 0.15) is 104 Å². The van der Waals surface area contributed by atoms with Crippen molar-refractivity contribution in [2.45, 2.75) is 104 Å². The molecular formula is C20H38O8. The Kier molecular flexibility index (Phi) is 27.2. The van der Waals surface area contributed by atoms with Crippen molar-refractivity contribution >= 4 is 23.9 Å². The third kappa shape index (κ3) is 39.1. The largest absolute Gasteiger partial charge is 0.481 e. The van der Waals surface area contributed by atoms with Crippen molar-refractivity contribution in [2.24, 2.45) is 0 Å². The molecule has 0 bridgehead atoms. The molecule has 0 heterocycles. The Morgan fingerprint density at radius 1 is 0.464 bits per heavy atom. The minimum Gasteiger partial charge on any atom is -0.481 e. The number of carboxylic acids is 4. The highest BCUT2D eigenvalue weighted by molar-refractivity contribution is 6.27. The Bertz CT molecular complexity index is 369. The van der Waals surface area contributed by atoms with E-state index < -0.39 is 23.9 Å². The van der Waals surface area contributed by atoms with E-state index in [0.717, 1.165) is 25.7 Å². The van der Waals surface area contributed by atoms with Crippen LogP contribution in [0.2, 0.25) is 0 Å². The lowest BCUT2D eigenvalue weighted by Crippen LogP contribution is -2.09. The number of rotatable bonds is 14. The Balaban J connectivity index is -0.000000351. The summed E-state index contributed by atoms with van der Waals surface area (Å²) in [6.07, 6.45) is 14.5. The number of aliphatic carboxylic acids is 4. The highest BCUT2D eigenvalue weighted by Crippen LogP contribution is 2.07. The maximum absolute atomic E-state index is 10.1. The zero-order valence-electron chi connectivity index (χ0n) is 17.3. The lowest BCUT2D eigenvalue weighted by atomic mass is 10.1. The van der Waals surface area contributed by atoms with Crippen molar-refractivity contribution in [3.8, 4) is 0 Å². The maximum atomic E-state index is 10.1. The fraction of sp³-hybridized carbons (Fsp3) is 0.800. The molecule has 0 aliphatic rings. The zero-order chi connectivity index (χ0) is 22.2. The monoisotopic (exact) mass is 406 g/mol. The Hall–Kier alpha value is -2.12. The summed E-state index contributed by atoms with van der Waals surface area (Å²) in [5.41, 5.74) is 0. The Morgan fingerprint density at radius 2 is 0.714 bits per heavy atom. The molecule has 4 N–H and O–H groups in total. The molecule has 0 aromatic carbocycles. The topological polar surface area (TPSA) is 149 Å². The van der Waals surface area contributed by atoms with Crippen molar-refractivity contribution in [3.63, 3.8) is 0 Å². The van der Waals surface area contributed by atoms with E-state index in [-0.39, 0.29) is 0 Å². The first-order chi connectivity index (χ1) is 13.2.